The van der Waals surface area contributed by atoms with Crippen molar-refractivity contribution in [3.05, 3.63) is 0 Å². The highest BCUT2D eigenvalue weighted by molar-refractivity contribution is 4.76. The van der Waals surface area contributed by atoms with E-state index in [1.54, 1.807) is 0 Å². The minimum atomic E-state index is 0.480. The second-order valence-corrected chi connectivity index (χ2v) is 4.05. The molecule has 1 saturated carbocycles. The summed E-state index contributed by atoms with van der Waals surface area (Å²) in [6.45, 7) is 1.22. The van der Waals surface area contributed by atoms with Crippen molar-refractivity contribution in [1.82, 2.24) is 4.90 Å². The SMILES string of the molecule is CN(C)C[C@H]1CCC[C@H](N)C1. The Bertz CT molecular complexity index is 110. The Hall–Kier alpha value is -0.0800. The zero-order valence-corrected chi connectivity index (χ0v) is 7.71. The van der Waals surface area contributed by atoms with Gasteiger partial charge in [-0.1, -0.05) is 6.42 Å². The number of nitrogens with zero attached hydrogens (tertiary/aromatic N) is 1. The van der Waals surface area contributed by atoms with Gasteiger partial charge in [-0.3, -0.25) is 0 Å². The lowest BCUT2D eigenvalue weighted by Crippen LogP contribution is -2.32. The maximum atomic E-state index is 5.88. The Morgan fingerprint density at radius 2 is 2.09 bits per heavy atom. The van der Waals surface area contributed by atoms with Gasteiger partial charge in [0.15, 0.2) is 0 Å². The molecule has 1 rings (SSSR count). The maximum Gasteiger partial charge on any atom is 0.00419 e. The molecular formula is C9H20N2. The maximum absolute atomic E-state index is 5.88. The van der Waals surface area contributed by atoms with Crippen molar-refractivity contribution in [3.8, 4) is 0 Å². The number of nitrogens with two attached hydrogens (primary N) is 1. The van der Waals surface area contributed by atoms with Gasteiger partial charge in [0.1, 0.15) is 0 Å². The number of hydrogen-bond donors (Lipinski definition) is 1. The van der Waals surface area contributed by atoms with Crippen LogP contribution in [0.5, 0.6) is 0 Å². The van der Waals surface area contributed by atoms with E-state index in [9.17, 15) is 0 Å². The lowest BCUT2D eigenvalue weighted by molar-refractivity contribution is 0.247. The summed E-state index contributed by atoms with van der Waals surface area (Å²) in [5.41, 5.74) is 5.88. The first-order valence-electron chi connectivity index (χ1n) is 4.59. The summed E-state index contributed by atoms with van der Waals surface area (Å²) >= 11 is 0. The van der Waals surface area contributed by atoms with Crippen molar-refractivity contribution in [2.75, 3.05) is 20.6 Å². The summed E-state index contributed by atoms with van der Waals surface area (Å²) in [5, 5.41) is 0. The highest BCUT2D eigenvalue weighted by atomic mass is 15.1. The second-order valence-electron chi connectivity index (χ2n) is 4.05. The normalized spacial score (nSPS) is 32.7. The van der Waals surface area contributed by atoms with Gasteiger partial charge in [-0.2, -0.15) is 0 Å². The molecule has 2 N–H and O–H groups in total. The van der Waals surface area contributed by atoms with E-state index >= 15 is 0 Å². The van der Waals surface area contributed by atoms with Crippen LogP contribution in [-0.2, 0) is 0 Å². The third-order valence-corrected chi connectivity index (χ3v) is 2.45. The van der Waals surface area contributed by atoms with Crippen LogP contribution in [0.4, 0.5) is 0 Å². The molecule has 2 nitrogen and oxygen atoms in total. The molecule has 2 atom stereocenters. The largest absolute Gasteiger partial charge is 0.328 e. The van der Waals surface area contributed by atoms with Gasteiger partial charge in [0.25, 0.3) is 0 Å². The van der Waals surface area contributed by atoms with E-state index in [0.29, 0.717) is 6.04 Å². The standard InChI is InChI=1S/C9H20N2/c1-11(2)7-8-4-3-5-9(10)6-8/h8-9H,3-7,10H2,1-2H3/t8-,9-/m0/s1. The summed E-state index contributed by atoms with van der Waals surface area (Å²) in [6, 6.07) is 0.480. The average Bonchev–Trinajstić information content (AvgIpc) is 1.85. The number of rotatable bonds is 2. The Balaban J connectivity index is 2.23. The van der Waals surface area contributed by atoms with Gasteiger partial charge in [-0.25, -0.2) is 0 Å². The molecule has 0 aromatic carbocycles. The van der Waals surface area contributed by atoms with Gasteiger partial charge in [0.05, 0.1) is 0 Å². The molecule has 0 bridgehead atoms. The molecule has 0 heterocycles. The van der Waals surface area contributed by atoms with Gasteiger partial charge in [0, 0.05) is 12.6 Å². The Morgan fingerprint density at radius 3 is 2.64 bits per heavy atom. The van der Waals surface area contributed by atoms with Crippen LogP contribution in [0.3, 0.4) is 0 Å². The van der Waals surface area contributed by atoms with Gasteiger partial charge >= 0.3 is 0 Å². The van der Waals surface area contributed by atoms with Crippen LogP contribution in [0.2, 0.25) is 0 Å². The molecule has 1 aliphatic rings. The molecular weight excluding hydrogens is 136 g/mol. The molecule has 0 aromatic heterocycles. The van der Waals surface area contributed by atoms with Crippen molar-refractivity contribution in [2.24, 2.45) is 11.7 Å². The molecule has 1 fully saturated rings. The van der Waals surface area contributed by atoms with Crippen LogP contribution < -0.4 is 5.73 Å². The highest BCUT2D eigenvalue weighted by Gasteiger charge is 2.19. The predicted molar refractivity (Wildman–Crippen MR) is 48.5 cm³/mol. The van der Waals surface area contributed by atoms with Gasteiger partial charge < -0.3 is 10.6 Å². The van der Waals surface area contributed by atoms with E-state index in [1.165, 1.54) is 32.2 Å². The van der Waals surface area contributed by atoms with Crippen molar-refractivity contribution in [3.63, 3.8) is 0 Å². The van der Waals surface area contributed by atoms with E-state index in [4.69, 9.17) is 5.73 Å². The molecule has 0 radical (unpaired) electrons. The molecule has 0 amide bonds. The highest BCUT2D eigenvalue weighted by Crippen LogP contribution is 2.23. The first-order valence-corrected chi connectivity index (χ1v) is 4.59. The van der Waals surface area contributed by atoms with E-state index in [0.717, 1.165) is 5.92 Å². The Kier molecular flexibility index (Phi) is 3.34. The molecule has 0 unspecified atom stereocenters. The summed E-state index contributed by atoms with van der Waals surface area (Å²) in [4.78, 5) is 2.27. The lowest BCUT2D eigenvalue weighted by atomic mass is 9.86. The second kappa shape index (κ2) is 4.07. The molecule has 0 spiro atoms. The van der Waals surface area contributed by atoms with Crippen molar-refractivity contribution in [1.29, 1.82) is 0 Å². The first-order chi connectivity index (χ1) is 5.18. The van der Waals surface area contributed by atoms with Crippen molar-refractivity contribution in [2.45, 2.75) is 31.7 Å². The van der Waals surface area contributed by atoms with Gasteiger partial charge in [0.2, 0.25) is 0 Å². The van der Waals surface area contributed by atoms with Crippen LogP contribution in [0.1, 0.15) is 25.7 Å². The molecule has 0 aliphatic heterocycles. The van der Waals surface area contributed by atoms with Crippen molar-refractivity contribution < 1.29 is 0 Å². The molecule has 0 saturated heterocycles. The summed E-state index contributed by atoms with van der Waals surface area (Å²) < 4.78 is 0. The van der Waals surface area contributed by atoms with Crippen molar-refractivity contribution >= 4 is 0 Å². The minimum Gasteiger partial charge on any atom is -0.328 e. The van der Waals surface area contributed by atoms with E-state index in [-0.39, 0.29) is 0 Å². The van der Waals surface area contributed by atoms with E-state index < -0.39 is 0 Å². The molecule has 66 valence electrons. The zero-order valence-electron chi connectivity index (χ0n) is 7.71. The smallest absolute Gasteiger partial charge is 0.00419 e. The summed E-state index contributed by atoms with van der Waals surface area (Å²) in [5.74, 6) is 0.855. The average molecular weight is 156 g/mol. The monoisotopic (exact) mass is 156 g/mol. The lowest BCUT2D eigenvalue weighted by Gasteiger charge is -2.28. The topological polar surface area (TPSA) is 29.3 Å². The molecule has 11 heavy (non-hydrogen) atoms. The molecule has 0 aromatic rings. The fraction of sp³-hybridized carbons (Fsp3) is 1.00. The summed E-state index contributed by atoms with van der Waals surface area (Å²) in [6.07, 6.45) is 5.19. The van der Waals surface area contributed by atoms with Crippen LogP contribution >= 0.6 is 0 Å². The minimum absolute atomic E-state index is 0.480. The van der Waals surface area contributed by atoms with Gasteiger partial charge in [-0.05, 0) is 39.3 Å². The predicted octanol–water partition coefficient (Wildman–Crippen LogP) is 1.07. The van der Waals surface area contributed by atoms with Crippen LogP contribution in [-0.4, -0.2) is 31.6 Å². The third-order valence-electron chi connectivity index (χ3n) is 2.45. The van der Waals surface area contributed by atoms with Crippen LogP contribution in [0.15, 0.2) is 0 Å². The molecule has 2 heteroatoms. The summed E-state index contributed by atoms with van der Waals surface area (Å²) in [7, 11) is 4.28. The quantitative estimate of drug-likeness (QED) is 0.648. The van der Waals surface area contributed by atoms with Crippen LogP contribution in [0, 0.1) is 5.92 Å². The Morgan fingerprint density at radius 1 is 1.36 bits per heavy atom. The third kappa shape index (κ3) is 3.21. The Labute approximate surface area is 69.8 Å². The van der Waals surface area contributed by atoms with Crippen LogP contribution in [0.25, 0.3) is 0 Å². The fourth-order valence-electron chi connectivity index (χ4n) is 2.01. The van der Waals surface area contributed by atoms with E-state index in [2.05, 4.69) is 19.0 Å². The van der Waals surface area contributed by atoms with Gasteiger partial charge in [-0.15, -0.1) is 0 Å². The van der Waals surface area contributed by atoms with E-state index in [1.807, 2.05) is 0 Å². The zero-order chi connectivity index (χ0) is 8.27. The first kappa shape index (κ1) is 9.01. The molecule has 1 aliphatic carbocycles. The fourth-order valence-corrected chi connectivity index (χ4v) is 2.01. The number of hydrogen-bond acceptors (Lipinski definition) is 2.